The first-order chi connectivity index (χ1) is 46.8. The van der Waals surface area contributed by atoms with Crippen LogP contribution in [0.1, 0.15) is 114 Å². The molecule has 24 nitrogen and oxygen atoms in total. The number of nitrogens with zero attached hydrogens (tertiary/aromatic N) is 3. The zero-order valence-electron chi connectivity index (χ0n) is 54.1. The highest BCUT2D eigenvalue weighted by Crippen LogP contribution is 2.44. The average Bonchev–Trinajstić information content (AvgIpc) is 1.74. The summed E-state index contributed by atoms with van der Waals surface area (Å²) in [5, 5.41) is 41.5. The van der Waals surface area contributed by atoms with Crippen LogP contribution < -0.4 is 47.4 Å². The van der Waals surface area contributed by atoms with Gasteiger partial charge in [0.25, 0.3) is 21.9 Å². The first kappa shape index (κ1) is 70.8. The van der Waals surface area contributed by atoms with Gasteiger partial charge in [0.1, 0.15) is 29.6 Å². The Bertz CT molecular complexity index is 4040. The zero-order chi connectivity index (χ0) is 68.8. The van der Waals surface area contributed by atoms with Gasteiger partial charge in [-0.25, -0.2) is 9.59 Å². The Balaban J connectivity index is 0.743. The third kappa shape index (κ3) is 20.3. The molecular formula is C72H81N11O13S. The lowest BCUT2D eigenvalue weighted by atomic mass is 9.84. The van der Waals surface area contributed by atoms with E-state index in [9.17, 15) is 56.4 Å². The fraction of sp³-hybridized carbons (Fsp3) is 0.333. The van der Waals surface area contributed by atoms with Gasteiger partial charge in [-0.3, -0.25) is 33.3 Å². The van der Waals surface area contributed by atoms with Crippen LogP contribution in [-0.2, 0) is 45.4 Å². The molecule has 2 aliphatic carbocycles. The molecule has 7 aromatic rings. The number of carboxylic acids is 1. The molecule has 508 valence electrons. The van der Waals surface area contributed by atoms with Crippen LogP contribution in [0.2, 0.25) is 0 Å². The smallest absolute Gasteiger partial charge is 0.407 e. The minimum Gasteiger partial charge on any atom is -0.480 e. The molecule has 2 aliphatic rings. The topological polar surface area (TPSA) is 345 Å². The van der Waals surface area contributed by atoms with Crippen molar-refractivity contribution in [2.45, 2.75) is 106 Å². The molecule has 0 heterocycles. The molecule has 0 bridgehead atoms. The van der Waals surface area contributed by atoms with Crippen molar-refractivity contribution in [1.82, 2.24) is 37.2 Å². The molecule has 1 saturated carbocycles. The van der Waals surface area contributed by atoms with E-state index >= 15 is 0 Å². The number of unbranched alkanes of at least 4 members (excludes halogenated alkanes) is 1. The molecule has 9 rings (SSSR count). The van der Waals surface area contributed by atoms with Gasteiger partial charge in [-0.05, 0) is 139 Å². The number of amides is 7. The molecule has 0 unspecified atom stereocenters. The van der Waals surface area contributed by atoms with Crippen molar-refractivity contribution in [2.75, 3.05) is 57.1 Å². The third-order valence-electron chi connectivity index (χ3n) is 17.2. The first-order valence-corrected chi connectivity index (χ1v) is 33.9. The van der Waals surface area contributed by atoms with E-state index < -0.39 is 76.4 Å². The summed E-state index contributed by atoms with van der Waals surface area (Å²) in [6.07, 6.45) is 4.67. The molecule has 0 radical (unpaired) electrons. The van der Waals surface area contributed by atoms with Crippen LogP contribution in [0.4, 0.5) is 27.5 Å². The van der Waals surface area contributed by atoms with E-state index in [-0.39, 0.29) is 80.3 Å². The number of hydrogen-bond donors (Lipinski definition) is 10. The monoisotopic (exact) mass is 1340 g/mol. The maximum Gasteiger partial charge on any atom is 0.407 e. The van der Waals surface area contributed by atoms with Crippen molar-refractivity contribution >= 4 is 91.1 Å². The van der Waals surface area contributed by atoms with Gasteiger partial charge in [0.2, 0.25) is 23.6 Å². The van der Waals surface area contributed by atoms with Crippen molar-refractivity contribution in [1.29, 1.82) is 0 Å². The largest absolute Gasteiger partial charge is 0.480 e. The van der Waals surface area contributed by atoms with Gasteiger partial charge in [-0.1, -0.05) is 117 Å². The summed E-state index contributed by atoms with van der Waals surface area (Å²) < 4.78 is 39.6. The van der Waals surface area contributed by atoms with E-state index in [1.807, 2.05) is 91.8 Å². The number of benzene rings is 7. The van der Waals surface area contributed by atoms with Crippen molar-refractivity contribution in [3.63, 3.8) is 0 Å². The quantitative estimate of drug-likeness (QED) is 0.0107. The summed E-state index contributed by atoms with van der Waals surface area (Å²) in [7, 11) is -0.589. The van der Waals surface area contributed by atoms with Crippen LogP contribution in [0.5, 0.6) is 0 Å². The number of ether oxygens (including phenoxy) is 1. The van der Waals surface area contributed by atoms with Gasteiger partial charge >= 0.3 is 12.1 Å². The fourth-order valence-corrected chi connectivity index (χ4v) is 12.7. The maximum absolute atomic E-state index is 14.0. The lowest BCUT2D eigenvalue weighted by Gasteiger charge is -2.26. The van der Waals surface area contributed by atoms with Crippen LogP contribution in [0, 0.1) is 5.92 Å². The molecule has 97 heavy (non-hydrogen) atoms. The van der Waals surface area contributed by atoms with Crippen LogP contribution in [0.3, 0.4) is 0 Å². The van der Waals surface area contributed by atoms with Gasteiger partial charge in [0.15, 0.2) is 0 Å². The van der Waals surface area contributed by atoms with E-state index in [0.29, 0.717) is 58.2 Å². The number of nitrogens with one attached hydrogen (secondary N) is 8. The number of aliphatic carboxylic acids is 1. The molecule has 0 saturated heterocycles. The number of carbonyl (C=O) groups excluding carboxylic acids is 7. The lowest BCUT2D eigenvalue weighted by molar-refractivity contribution is -0.142. The molecule has 7 amide bonds. The number of hydrogen-bond acceptors (Lipinski definition) is 15. The summed E-state index contributed by atoms with van der Waals surface area (Å²) in [5.74, 6) is -4.68. The summed E-state index contributed by atoms with van der Waals surface area (Å²) in [4.78, 5) is 108. The second kappa shape index (κ2) is 34.2. The first-order valence-electron chi connectivity index (χ1n) is 32.4. The van der Waals surface area contributed by atoms with Crippen molar-refractivity contribution in [3.05, 3.63) is 186 Å². The minimum atomic E-state index is -4.49. The van der Waals surface area contributed by atoms with Gasteiger partial charge < -0.3 is 57.3 Å². The van der Waals surface area contributed by atoms with Crippen LogP contribution in [0.25, 0.3) is 21.9 Å². The second-order valence-electron chi connectivity index (χ2n) is 24.2. The molecule has 7 aromatic carbocycles. The van der Waals surface area contributed by atoms with Crippen LogP contribution in [-0.4, -0.2) is 131 Å². The van der Waals surface area contributed by atoms with Crippen molar-refractivity contribution in [3.8, 4) is 11.1 Å². The predicted molar refractivity (Wildman–Crippen MR) is 367 cm³/mol. The number of anilines is 2. The minimum absolute atomic E-state index is 0.0235. The highest BCUT2D eigenvalue weighted by molar-refractivity contribution is 7.86. The van der Waals surface area contributed by atoms with E-state index in [1.165, 1.54) is 24.3 Å². The Morgan fingerprint density at radius 1 is 0.577 bits per heavy atom. The van der Waals surface area contributed by atoms with Gasteiger partial charge in [0.05, 0.1) is 17.9 Å². The summed E-state index contributed by atoms with van der Waals surface area (Å²) >= 11 is 0. The number of carbonyl (C=O) groups is 8. The van der Waals surface area contributed by atoms with Crippen LogP contribution in [0.15, 0.2) is 173 Å². The maximum atomic E-state index is 14.0. The summed E-state index contributed by atoms with van der Waals surface area (Å²) in [6, 6.07) is 42.2. The molecule has 0 aliphatic heterocycles. The normalized spacial score (nSPS) is 13.8. The van der Waals surface area contributed by atoms with E-state index in [2.05, 4.69) is 52.8 Å². The second-order valence-corrected chi connectivity index (χ2v) is 25.6. The highest BCUT2D eigenvalue weighted by atomic mass is 32.2. The van der Waals surface area contributed by atoms with E-state index in [1.54, 1.807) is 60.7 Å². The number of fused-ring (bicyclic) bond motifs is 4. The number of rotatable bonds is 32. The molecule has 3 atom stereocenters. The highest BCUT2D eigenvalue weighted by Gasteiger charge is 2.32. The van der Waals surface area contributed by atoms with Crippen molar-refractivity contribution < 1.29 is 61.2 Å². The SMILES string of the molecule is CN(C)c1ccc(/N=N/c2ccc(C(=O)NCCCC[C@H](NC(=O)CNC(=O)[C@H](CC3CCCCC3)NC(=O)c3ccc(CNC(=O)[C@H](CCC(=O)NCCNc4cccc5c(S(=O)(=O)O)cccc45)NC(=O)OCC4c5ccccc5-c5ccccc54)cc3)C(=O)O)cc2)cc1. The third-order valence-corrected chi connectivity index (χ3v) is 18.1. The van der Waals surface area contributed by atoms with Gasteiger partial charge in [-0.15, -0.1) is 0 Å². The average molecular weight is 1340 g/mol. The zero-order valence-corrected chi connectivity index (χ0v) is 54.9. The van der Waals surface area contributed by atoms with Crippen molar-refractivity contribution in [2.24, 2.45) is 16.1 Å². The summed E-state index contributed by atoms with van der Waals surface area (Å²) in [6.45, 7) is 0.00845. The number of carboxylic acid groups (broad SMARTS) is 1. The van der Waals surface area contributed by atoms with E-state index in [4.69, 9.17) is 4.74 Å². The molecule has 25 heteroatoms. The standard InChI is InChI=1S/C72H81N11O13S/c1-83(2)52-35-33-51(34-36-52)82-81-50-31-29-48(30-32-50)67(86)75-39-11-10-22-62(71(90)91)78-66(85)44-77-70(89)63(42-46-14-4-3-5-15-46)79-68(87)49-27-25-47(26-28-49)43-76-69(88)61(80-72(92)96-45-59-55-18-8-6-16-53(55)54-17-7-9-19-56(54)59)37-38-65(84)74-41-40-73-60-23-12-21-58-57(60)20-13-24-64(58)97(93,94)95/h6-9,12-13,16-21,23-36,46,59,61-63,73H,3-5,10-11,14-15,22,37-45H2,1-2H3,(H,74,84)(H,75,86)(H,76,88)(H,77,89)(H,78,85)(H,79,87)(H,80,92)(H,90,91)(H,93,94,95)/b82-81+/t61-,62-,63-/m0/s1. The lowest BCUT2D eigenvalue weighted by Crippen LogP contribution is -2.51. The fourth-order valence-electron chi connectivity index (χ4n) is 12.0. The van der Waals surface area contributed by atoms with E-state index in [0.717, 1.165) is 60.0 Å². The summed E-state index contributed by atoms with van der Waals surface area (Å²) in [5.41, 5.74) is 8.10. The predicted octanol–water partition coefficient (Wildman–Crippen LogP) is 9.45. The Labute approximate surface area is 562 Å². The van der Waals surface area contributed by atoms with Gasteiger partial charge in [-0.2, -0.15) is 18.6 Å². The Hall–Kier alpha value is -10.5. The van der Waals surface area contributed by atoms with Gasteiger partial charge in [0, 0.05) is 85.9 Å². The number of alkyl carbamates (subject to hydrolysis) is 1. The number of azo groups is 1. The molecule has 0 aromatic heterocycles. The molecule has 1 fully saturated rings. The van der Waals surface area contributed by atoms with Crippen LogP contribution >= 0.6 is 0 Å². The Morgan fingerprint density at radius 2 is 1.20 bits per heavy atom. The molecule has 10 N–H and O–H groups in total. The Morgan fingerprint density at radius 3 is 1.86 bits per heavy atom. The Kier molecular flexibility index (Phi) is 25.0. The molecule has 0 spiro atoms. The molecular weight excluding hydrogens is 1260 g/mol.